The average molecular weight is 215 g/mol. The summed E-state index contributed by atoms with van der Waals surface area (Å²) < 4.78 is 44.1. The van der Waals surface area contributed by atoms with E-state index in [-0.39, 0.29) is 11.3 Å². The fourth-order valence-corrected chi connectivity index (χ4v) is 1.73. The Bertz CT molecular complexity index is 373. The number of halogens is 2. The van der Waals surface area contributed by atoms with E-state index in [9.17, 15) is 17.2 Å². The van der Waals surface area contributed by atoms with Crippen LogP contribution in [0.1, 0.15) is 11.4 Å². The van der Waals surface area contributed by atoms with Gasteiger partial charge in [0, 0.05) is 0 Å². The number of aromatic nitrogens is 2. The van der Waals surface area contributed by atoms with E-state index in [0.717, 1.165) is 0 Å². The SMILES string of the molecule is NS(=O)(=O)c1nnc(C(F)F)s1. The van der Waals surface area contributed by atoms with E-state index in [1.54, 1.807) is 0 Å². The molecule has 1 rings (SSSR count). The number of hydrogen-bond donors (Lipinski definition) is 1. The van der Waals surface area contributed by atoms with E-state index in [0.29, 0.717) is 0 Å². The van der Waals surface area contributed by atoms with Gasteiger partial charge in [0.05, 0.1) is 0 Å². The zero-order valence-corrected chi connectivity index (χ0v) is 7.07. The van der Waals surface area contributed by atoms with Crippen molar-refractivity contribution in [2.24, 2.45) is 5.14 Å². The molecule has 0 aliphatic rings. The third-order valence-electron chi connectivity index (χ3n) is 0.852. The van der Waals surface area contributed by atoms with Crippen LogP contribution in [-0.2, 0) is 10.0 Å². The first-order chi connectivity index (χ1) is 5.41. The molecule has 0 aliphatic heterocycles. The van der Waals surface area contributed by atoms with Crippen molar-refractivity contribution in [1.82, 2.24) is 10.2 Å². The second-order valence-electron chi connectivity index (χ2n) is 1.75. The molecule has 1 aromatic rings. The number of primary sulfonamides is 1. The summed E-state index contributed by atoms with van der Waals surface area (Å²) in [5, 5.41) is 9.88. The molecule has 0 amide bonds. The van der Waals surface area contributed by atoms with Crippen molar-refractivity contribution < 1.29 is 17.2 Å². The Morgan fingerprint density at radius 2 is 2.00 bits per heavy atom. The summed E-state index contributed by atoms with van der Waals surface area (Å²) in [5.41, 5.74) is 0. The largest absolute Gasteiger partial charge is 0.291 e. The molecule has 0 unspecified atom stereocenters. The quantitative estimate of drug-likeness (QED) is 0.759. The fraction of sp³-hybridized carbons (Fsp3) is 0.333. The molecule has 0 saturated carbocycles. The maximum absolute atomic E-state index is 11.8. The van der Waals surface area contributed by atoms with Crippen molar-refractivity contribution in [1.29, 1.82) is 0 Å². The number of alkyl halides is 2. The Hall–Kier alpha value is -0.670. The fourth-order valence-electron chi connectivity index (χ4n) is 0.424. The van der Waals surface area contributed by atoms with Crippen LogP contribution in [0.2, 0.25) is 0 Å². The Labute approximate surface area is 70.3 Å². The summed E-state index contributed by atoms with van der Waals surface area (Å²) in [4.78, 5) is 0. The minimum atomic E-state index is -4.00. The smallest absolute Gasteiger partial charge is 0.223 e. The minimum Gasteiger partial charge on any atom is -0.223 e. The van der Waals surface area contributed by atoms with Crippen LogP contribution in [0.3, 0.4) is 0 Å². The molecule has 0 aromatic carbocycles. The first-order valence-corrected chi connectivity index (χ1v) is 4.92. The summed E-state index contributed by atoms with van der Waals surface area (Å²) in [7, 11) is -4.00. The van der Waals surface area contributed by atoms with Crippen LogP contribution in [0.15, 0.2) is 4.34 Å². The van der Waals surface area contributed by atoms with Crippen LogP contribution in [0.5, 0.6) is 0 Å². The van der Waals surface area contributed by atoms with Crippen LogP contribution in [0.4, 0.5) is 8.78 Å². The van der Waals surface area contributed by atoms with Gasteiger partial charge in [0.25, 0.3) is 16.4 Å². The summed E-state index contributed by atoms with van der Waals surface area (Å²) in [5.74, 6) is 0. The minimum absolute atomic E-state index is 0.263. The van der Waals surface area contributed by atoms with Crippen LogP contribution in [0, 0.1) is 0 Å². The van der Waals surface area contributed by atoms with Crippen molar-refractivity contribution in [2.75, 3.05) is 0 Å². The van der Waals surface area contributed by atoms with Gasteiger partial charge in [-0.25, -0.2) is 22.3 Å². The molecule has 0 atom stereocenters. The Balaban J connectivity index is 3.09. The van der Waals surface area contributed by atoms with E-state index in [4.69, 9.17) is 0 Å². The number of sulfonamides is 1. The zero-order chi connectivity index (χ0) is 9.35. The lowest BCUT2D eigenvalue weighted by Gasteiger charge is -1.86. The van der Waals surface area contributed by atoms with Gasteiger partial charge in [0.1, 0.15) is 0 Å². The van der Waals surface area contributed by atoms with Crippen LogP contribution >= 0.6 is 11.3 Å². The molecule has 0 saturated heterocycles. The third-order valence-corrected chi connectivity index (χ3v) is 3.09. The monoisotopic (exact) mass is 215 g/mol. The molecule has 5 nitrogen and oxygen atoms in total. The molecule has 0 bridgehead atoms. The predicted octanol–water partition coefficient (Wildman–Crippen LogP) is 0.123. The maximum atomic E-state index is 11.8. The van der Waals surface area contributed by atoms with Gasteiger partial charge < -0.3 is 0 Å². The van der Waals surface area contributed by atoms with E-state index < -0.39 is 25.8 Å². The highest BCUT2D eigenvalue weighted by Crippen LogP contribution is 2.23. The van der Waals surface area contributed by atoms with Crippen molar-refractivity contribution in [3.05, 3.63) is 5.01 Å². The summed E-state index contributed by atoms with van der Waals surface area (Å²) in [6, 6.07) is 0. The molecule has 2 N–H and O–H groups in total. The number of nitrogens with two attached hydrogens (primary N) is 1. The van der Waals surface area contributed by atoms with Crippen LogP contribution < -0.4 is 5.14 Å². The second-order valence-corrected chi connectivity index (χ2v) is 4.50. The molecule has 0 aliphatic carbocycles. The van der Waals surface area contributed by atoms with E-state index >= 15 is 0 Å². The van der Waals surface area contributed by atoms with Gasteiger partial charge in [-0.15, -0.1) is 10.2 Å². The predicted molar refractivity (Wildman–Crippen MR) is 36.2 cm³/mol. The van der Waals surface area contributed by atoms with Crippen molar-refractivity contribution >= 4 is 21.4 Å². The molecule has 0 spiro atoms. The normalized spacial score (nSPS) is 12.3. The number of rotatable bonds is 2. The highest BCUT2D eigenvalue weighted by Gasteiger charge is 2.19. The van der Waals surface area contributed by atoms with Gasteiger partial charge in [0.15, 0.2) is 5.01 Å². The molecular formula is C3H3F2N3O2S2. The van der Waals surface area contributed by atoms with Gasteiger partial charge in [0.2, 0.25) is 4.34 Å². The van der Waals surface area contributed by atoms with Gasteiger partial charge >= 0.3 is 0 Å². The van der Waals surface area contributed by atoms with Gasteiger partial charge in [-0.1, -0.05) is 11.3 Å². The first-order valence-electron chi connectivity index (χ1n) is 2.55. The molecule has 1 heterocycles. The summed E-state index contributed by atoms with van der Waals surface area (Å²) in [6.07, 6.45) is -2.82. The lowest BCUT2D eigenvalue weighted by molar-refractivity contribution is 0.150. The van der Waals surface area contributed by atoms with E-state index in [1.165, 1.54) is 0 Å². The van der Waals surface area contributed by atoms with Crippen LogP contribution in [0.25, 0.3) is 0 Å². The molecule has 9 heteroatoms. The molecule has 1 aromatic heterocycles. The second kappa shape index (κ2) is 2.99. The molecular weight excluding hydrogens is 212 g/mol. The molecule has 0 radical (unpaired) electrons. The van der Waals surface area contributed by atoms with E-state index in [1.807, 2.05) is 0 Å². The maximum Gasteiger partial charge on any atom is 0.291 e. The van der Waals surface area contributed by atoms with Gasteiger partial charge in [-0.2, -0.15) is 0 Å². The van der Waals surface area contributed by atoms with E-state index in [2.05, 4.69) is 15.3 Å². The lowest BCUT2D eigenvalue weighted by atomic mass is 10.8. The number of nitrogens with zero attached hydrogens (tertiary/aromatic N) is 2. The zero-order valence-electron chi connectivity index (χ0n) is 5.44. The molecule has 0 fully saturated rings. The first kappa shape index (κ1) is 9.42. The van der Waals surface area contributed by atoms with Crippen LogP contribution in [-0.4, -0.2) is 18.6 Å². The Morgan fingerprint density at radius 3 is 2.25 bits per heavy atom. The lowest BCUT2D eigenvalue weighted by Crippen LogP contribution is -2.11. The van der Waals surface area contributed by atoms with Gasteiger partial charge in [-0.05, 0) is 0 Å². The van der Waals surface area contributed by atoms with Crippen molar-refractivity contribution in [3.8, 4) is 0 Å². The highest BCUT2D eigenvalue weighted by atomic mass is 32.2. The third kappa shape index (κ3) is 1.93. The highest BCUT2D eigenvalue weighted by molar-refractivity contribution is 7.91. The molecule has 68 valence electrons. The van der Waals surface area contributed by atoms with Gasteiger partial charge in [-0.3, -0.25) is 0 Å². The number of hydrogen-bond acceptors (Lipinski definition) is 5. The summed E-state index contributed by atoms with van der Waals surface area (Å²) in [6.45, 7) is 0. The Kier molecular flexibility index (Phi) is 2.35. The standard InChI is InChI=1S/C3H3F2N3O2S2/c4-1(5)2-7-8-3(11-2)12(6,9)10/h1H,(H2,6,9,10). The molecule has 12 heavy (non-hydrogen) atoms. The van der Waals surface area contributed by atoms with Crippen molar-refractivity contribution in [3.63, 3.8) is 0 Å². The van der Waals surface area contributed by atoms with Crippen molar-refractivity contribution in [2.45, 2.75) is 10.8 Å². The summed E-state index contributed by atoms with van der Waals surface area (Å²) >= 11 is 0.263. The Morgan fingerprint density at radius 1 is 1.42 bits per heavy atom. The average Bonchev–Trinajstić information content (AvgIpc) is 2.30. The topological polar surface area (TPSA) is 85.9 Å².